The summed E-state index contributed by atoms with van der Waals surface area (Å²) in [6.45, 7) is 5.95. The molecule has 0 aliphatic carbocycles. The largest absolute Gasteiger partial charge is 0.368 e. The molecule has 0 saturated carbocycles. The van der Waals surface area contributed by atoms with Crippen LogP contribution in [0.5, 0.6) is 0 Å². The summed E-state index contributed by atoms with van der Waals surface area (Å²) < 4.78 is 41.4. The van der Waals surface area contributed by atoms with Gasteiger partial charge in [0.2, 0.25) is 0 Å². The first-order chi connectivity index (χ1) is 15.7. The molecule has 172 valence electrons. The van der Waals surface area contributed by atoms with Crippen LogP contribution in [0.3, 0.4) is 0 Å². The first kappa shape index (κ1) is 22.8. The topological polar surface area (TPSA) is 69.7 Å². The Hall–Kier alpha value is -3.39. The lowest BCUT2D eigenvalue weighted by Crippen LogP contribution is -2.49. The van der Waals surface area contributed by atoms with Gasteiger partial charge in [-0.05, 0) is 67.9 Å². The van der Waals surface area contributed by atoms with Gasteiger partial charge in [-0.2, -0.15) is 0 Å². The summed E-state index contributed by atoms with van der Waals surface area (Å²) >= 11 is 0. The van der Waals surface area contributed by atoms with Gasteiger partial charge in [0.25, 0.3) is 15.9 Å². The Morgan fingerprint density at radius 2 is 1.52 bits per heavy atom. The van der Waals surface area contributed by atoms with Crippen molar-refractivity contribution in [2.75, 3.05) is 35.8 Å². The molecule has 1 N–H and O–H groups in total. The van der Waals surface area contributed by atoms with Crippen LogP contribution in [-0.4, -0.2) is 45.4 Å². The average molecular weight is 468 g/mol. The van der Waals surface area contributed by atoms with Gasteiger partial charge in [0.05, 0.1) is 10.6 Å². The second kappa shape index (κ2) is 9.23. The van der Waals surface area contributed by atoms with Crippen LogP contribution in [0.15, 0.2) is 71.6 Å². The van der Waals surface area contributed by atoms with E-state index >= 15 is 0 Å². The van der Waals surface area contributed by atoms with Crippen molar-refractivity contribution in [1.29, 1.82) is 0 Å². The fourth-order valence-electron chi connectivity index (χ4n) is 3.89. The molecule has 1 heterocycles. The summed E-state index contributed by atoms with van der Waals surface area (Å²) in [6.07, 6.45) is 0. The maximum Gasteiger partial charge on any atom is 0.261 e. The molecule has 8 heteroatoms. The van der Waals surface area contributed by atoms with Crippen molar-refractivity contribution in [3.05, 3.63) is 89.2 Å². The maximum absolute atomic E-state index is 13.2. The Balaban J connectivity index is 1.47. The van der Waals surface area contributed by atoms with E-state index in [2.05, 4.69) is 9.62 Å². The fourth-order valence-corrected chi connectivity index (χ4v) is 5.01. The number of benzene rings is 3. The molecule has 1 aliphatic heterocycles. The van der Waals surface area contributed by atoms with E-state index in [-0.39, 0.29) is 16.6 Å². The number of hydrogen-bond acceptors (Lipinski definition) is 4. The molecule has 0 radical (unpaired) electrons. The zero-order valence-electron chi connectivity index (χ0n) is 18.6. The van der Waals surface area contributed by atoms with Crippen LogP contribution in [0.25, 0.3) is 0 Å². The quantitative estimate of drug-likeness (QED) is 0.611. The van der Waals surface area contributed by atoms with E-state index in [1.54, 1.807) is 66.4 Å². The molecule has 3 aromatic rings. The second-order valence-electron chi connectivity index (χ2n) is 8.15. The standard InChI is InChI=1S/C25H26FN3O3S/c1-18-6-12-22(13-7-18)33(31,32)27-24-5-3-4-23(19(24)2)25(30)29-16-14-28(15-17-29)21-10-8-20(26)9-11-21/h3-13,27H,14-17H2,1-2H3. The Morgan fingerprint density at radius 1 is 0.879 bits per heavy atom. The van der Waals surface area contributed by atoms with E-state index in [4.69, 9.17) is 0 Å². The molecule has 1 amide bonds. The number of hydrogen-bond donors (Lipinski definition) is 1. The van der Waals surface area contributed by atoms with Crippen molar-refractivity contribution >= 4 is 27.3 Å². The molecular weight excluding hydrogens is 441 g/mol. The lowest BCUT2D eigenvalue weighted by atomic mass is 10.1. The summed E-state index contributed by atoms with van der Waals surface area (Å²) in [5, 5.41) is 0. The van der Waals surface area contributed by atoms with Crippen LogP contribution < -0.4 is 9.62 Å². The van der Waals surface area contributed by atoms with E-state index in [0.717, 1.165) is 11.3 Å². The zero-order chi connectivity index (χ0) is 23.6. The average Bonchev–Trinajstić information content (AvgIpc) is 2.81. The SMILES string of the molecule is Cc1ccc(S(=O)(=O)Nc2cccc(C(=O)N3CCN(c4ccc(F)cc4)CC3)c2C)cc1. The zero-order valence-corrected chi connectivity index (χ0v) is 19.4. The van der Waals surface area contributed by atoms with E-state index in [1.807, 2.05) is 6.92 Å². The van der Waals surface area contributed by atoms with Gasteiger partial charge in [-0.1, -0.05) is 23.8 Å². The molecule has 0 aromatic heterocycles. The number of nitrogens with one attached hydrogen (secondary N) is 1. The molecular formula is C25H26FN3O3S. The van der Waals surface area contributed by atoms with Gasteiger partial charge in [0.1, 0.15) is 5.82 Å². The third-order valence-corrected chi connectivity index (χ3v) is 7.28. The normalized spacial score (nSPS) is 14.3. The van der Waals surface area contributed by atoms with Gasteiger partial charge < -0.3 is 9.80 Å². The highest BCUT2D eigenvalue weighted by Crippen LogP contribution is 2.25. The summed E-state index contributed by atoms with van der Waals surface area (Å²) in [5.74, 6) is -0.413. The van der Waals surface area contributed by atoms with Crippen LogP contribution in [-0.2, 0) is 10.0 Å². The number of sulfonamides is 1. The fraction of sp³-hybridized carbons (Fsp3) is 0.240. The highest BCUT2D eigenvalue weighted by atomic mass is 32.2. The second-order valence-corrected chi connectivity index (χ2v) is 9.83. The number of nitrogens with zero attached hydrogens (tertiary/aromatic N) is 2. The first-order valence-corrected chi connectivity index (χ1v) is 12.2. The number of carbonyl (C=O) groups excluding carboxylic acids is 1. The Morgan fingerprint density at radius 3 is 2.15 bits per heavy atom. The van der Waals surface area contributed by atoms with E-state index in [1.165, 1.54) is 12.1 Å². The molecule has 1 aliphatic rings. The Labute approximate surface area is 193 Å². The third kappa shape index (κ3) is 5.01. The van der Waals surface area contributed by atoms with E-state index < -0.39 is 10.0 Å². The molecule has 0 spiro atoms. The number of rotatable bonds is 5. The number of halogens is 1. The molecule has 0 bridgehead atoms. The number of piperazine rings is 1. The van der Waals surface area contributed by atoms with Gasteiger partial charge in [0.15, 0.2) is 0 Å². The molecule has 0 atom stereocenters. The molecule has 3 aromatic carbocycles. The summed E-state index contributed by atoms with van der Waals surface area (Å²) in [5.41, 5.74) is 3.32. The van der Waals surface area contributed by atoms with Crippen LogP contribution in [0.2, 0.25) is 0 Å². The smallest absolute Gasteiger partial charge is 0.261 e. The number of anilines is 2. The van der Waals surface area contributed by atoms with Gasteiger partial charge in [0, 0.05) is 37.4 Å². The van der Waals surface area contributed by atoms with Crippen molar-refractivity contribution in [1.82, 2.24) is 4.90 Å². The van der Waals surface area contributed by atoms with Gasteiger partial charge in [-0.25, -0.2) is 12.8 Å². The minimum atomic E-state index is -3.77. The molecule has 6 nitrogen and oxygen atoms in total. The monoisotopic (exact) mass is 467 g/mol. The number of amides is 1. The van der Waals surface area contributed by atoms with Crippen molar-refractivity contribution < 1.29 is 17.6 Å². The van der Waals surface area contributed by atoms with Crippen LogP contribution in [0.1, 0.15) is 21.5 Å². The highest BCUT2D eigenvalue weighted by molar-refractivity contribution is 7.92. The molecule has 4 rings (SSSR count). The first-order valence-electron chi connectivity index (χ1n) is 10.7. The van der Waals surface area contributed by atoms with Crippen molar-refractivity contribution in [2.24, 2.45) is 0 Å². The van der Waals surface area contributed by atoms with Crippen LogP contribution in [0.4, 0.5) is 15.8 Å². The summed E-state index contributed by atoms with van der Waals surface area (Å²) in [6, 6.07) is 18.0. The minimum absolute atomic E-state index is 0.136. The van der Waals surface area contributed by atoms with Gasteiger partial charge in [-0.15, -0.1) is 0 Å². The molecule has 1 saturated heterocycles. The highest BCUT2D eigenvalue weighted by Gasteiger charge is 2.25. The number of carbonyl (C=O) groups is 1. The van der Waals surface area contributed by atoms with Crippen LogP contribution in [0, 0.1) is 19.7 Å². The van der Waals surface area contributed by atoms with E-state index in [9.17, 15) is 17.6 Å². The van der Waals surface area contributed by atoms with Crippen LogP contribution >= 0.6 is 0 Å². The maximum atomic E-state index is 13.2. The Bertz CT molecular complexity index is 1250. The lowest BCUT2D eigenvalue weighted by Gasteiger charge is -2.36. The lowest BCUT2D eigenvalue weighted by molar-refractivity contribution is 0.0746. The predicted molar refractivity (Wildman–Crippen MR) is 128 cm³/mol. The van der Waals surface area contributed by atoms with E-state index in [0.29, 0.717) is 43.0 Å². The predicted octanol–water partition coefficient (Wildman–Crippen LogP) is 4.21. The number of aryl methyl sites for hydroxylation is 1. The van der Waals surface area contributed by atoms with Crippen molar-refractivity contribution in [3.8, 4) is 0 Å². The Kier molecular flexibility index (Phi) is 6.37. The molecule has 1 fully saturated rings. The van der Waals surface area contributed by atoms with Gasteiger partial charge in [-0.3, -0.25) is 9.52 Å². The molecule has 33 heavy (non-hydrogen) atoms. The van der Waals surface area contributed by atoms with Crippen molar-refractivity contribution in [3.63, 3.8) is 0 Å². The summed E-state index contributed by atoms with van der Waals surface area (Å²) in [7, 11) is -3.77. The minimum Gasteiger partial charge on any atom is -0.368 e. The van der Waals surface area contributed by atoms with Crippen molar-refractivity contribution in [2.45, 2.75) is 18.7 Å². The molecule has 0 unspecified atom stereocenters. The van der Waals surface area contributed by atoms with Gasteiger partial charge >= 0.3 is 0 Å². The summed E-state index contributed by atoms with van der Waals surface area (Å²) in [4.78, 5) is 17.3. The third-order valence-electron chi connectivity index (χ3n) is 5.90.